The molecule has 0 fully saturated rings. The molecule has 2 aromatic rings. The van der Waals surface area contributed by atoms with E-state index in [1.807, 2.05) is 20.8 Å². The number of aromatic nitrogens is 2. The summed E-state index contributed by atoms with van der Waals surface area (Å²) in [6.45, 7) is 5.71. The van der Waals surface area contributed by atoms with Crippen LogP contribution in [-0.4, -0.2) is 36.9 Å². The lowest BCUT2D eigenvalue weighted by atomic mass is 10.1. The summed E-state index contributed by atoms with van der Waals surface area (Å²) in [5.41, 5.74) is 0.338. The van der Waals surface area contributed by atoms with Crippen LogP contribution in [-0.2, 0) is 6.54 Å². The fraction of sp³-hybridized carbons (Fsp3) is 0.357. The monoisotopic (exact) mass is 307 g/mol. The first kappa shape index (κ1) is 15.2. The van der Waals surface area contributed by atoms with E-state index in [0.29, 0.717) is 10.0 Å². The Morgan fingerprint density at radius 2 is 1.86 bits per heavy atom. The molecule has 0 unspecified atom stereocenters. The van der Waals surface area contributed by atoms with Gasteiger partial charge in [0.15, 0.2) is 0 Å². The first-order valence-corrected chi connectivity index (χ1v) is 7.21. The summed E-state index contributed by atoms with van der Waals surface area (Å²) >= 11 is 1.34. The number of phenols is 1. The van der Waals surface area contributed by atoms with Crippen LogP contribution in [0.15, 0.2) is 24.3 Å². The molecule has 1 aromatic carbocycles. The third-order valence-corrected chi connectivity index (χ3v) is 3.87. The molecule has 0 radical (unpaired) electrons. The molecule has 1 amide bonds. The number of hydrogen-bond donors (Lipinski definition) is 2. The fourth-order valence-corrected chi connectivity index (χ4v) is 2.60. The van der Waals surface area contributed by atoms with Gasteiger partial charge in [-0.25, -0.2) is 4.79 Å². The number of nitrogens with zero attached hydrogens (tertiary/aromatic N) is 3. The molecule has 2 rings (SSSR count). The molecule has 0 atom stereocenters. The Labute approximate surface area is 126 Å². The number of benzene rings is 1. The minimum absolute atomic E-state index is 0.188. The van der Waals surface area contributed by atoms with Gasteiger partial charge in [0.05, 0.1) is 6.54 Å². The highest BCUT2D eigenvalue weighted by Crippen LogP contribution is 2.27. The van der Waals surface area contributed by atoms with Gasteiger partial charge in [-0.2, -0.15) is 0 Å². The van der Waals surface area contributed by atoms with Crippen molar-refractivity contribution in [3.05, 3.63) is 29.3 Å². The summed E-state index contributed by atoms with van der Waals surface area (Å²) in [6.07, 6.45) is -0.983. The lowest BCUT2D eigenvalue weighted by Gasteiger charge is -2.32. The maximum absolute atomic E-state index is 11.3. The van der Waals surface area contributed by atoms with E-state index in [1.165, 1.54) is 16.2 Å². The smallest absolute Gasteiger partial charge is 0.408 e. The molecule has 21 heavy (non-hydrogen) atoms. The van der Waals surface area contributed by atoms with E-state index >= 15 is 0 Å². The van der Waals surface area contributed by atoms with Crippen LogP contribution < -0.4 is 0 Å². The first-order valence-electron chi connectivity index (χ1n) is 6.40. The van der Waals surface area contributed by atoms with Gasteiger partial charge in [0, 0.05) is 11.1 Å². The lowest BCUT2D eigenvalue weighted by molar-refractivity contribution is 0.0954. The number of phenolic OH excluding ortho intramolecular Hbond substituents is 1. The molecule has 0 aliphatic rings. The molecular formula is C14H17N3O3S. The molecule has 0 saturated carbocycles. The van der Waals surface area contributed by atoms with Gasteiger partial charge in [-0.05, 0) is 45.0 Å². The standard InChI is InChI=1S/C14H17N3O3S/c1-14(2,3)17(13(19)20)8-11-15-16-12(21-11)9-4-6-10(18)7-5-9/h4-7,18H,8H2,1-3H3,(H,19,20). The van der Waals surface area contributed by atoms with E-state index in [-0.39, 0.29) is 12.3 Å². The van der Waals surface area contributed by atoms with Gasteiger partial charge in [-0.15, -0.1) is 10.2 Å². The topological polar surface area (TPSA) is 86.5 Å². The van der Waals surface area contributed by atoms with Crippen LogP contribution >= 0.6 is 11.3 Å². The molecule has 0 aliphatic heterocycles. The zero-order chi connectivity index (χ0) is 15.6. The summed E-state index contributed by atoms with van der Waals surface area (Å²) in [5, 5.41) is 28.0. The third kappa shape index (κ3) is 3.69. The van der Waals surface area contributed by atoms with Crippen molar-refractivity contribution in [1.82, 2.24) is 15.1 Å². The maximum atomic E-state index is 11.3. The van der Waals surface area contributed by atoms with Gasteiger partial charge in [-0.3, -0.25) is 4.90 Å². The number of aromatic hydroxyl groups is 1. The van der Waals surface area contributed by atoms with Crippen LogP contribution in [0, 0.1) is 0 Å². The molecule has 6 nitrogen and oxygen atoms in total. The molecular weight excluding hydrogens is 290 g/mol. The Hall–Kier alpha value is -2.15. The molecule has 0 saturated heterocycles. The average Bonchev–Trinajstić information content (AvgIpc) is 2.83. The van der Waals surface area contributed by atoms with Crippen LogP contribution in [0.25, 0.3) is 10.6 Å². The minimum Gasteiger partial charge on any atom is -0.508 e. The van der Waals surface area contributed by atoms with Crippen molar-refractivity contribution in [2.75, 3.05) is 0 Å². The summed E-state index contributed by atoms with van der Waals surface area (Å²) in [6, 6.07) is 6.65. The molecule has 2 N–H and O–H groups in total. The van der Waals surface area contributed by atoms with Crippen LogP contribution in [0.1, 0.15) is 25.8 Å². The van der Waals surface area contributed by atoms with Crippen molar-refractivity contribution >= 4 is 17.4 Å². The lowest BCUT2D eigenvalue weighted by Crippen LogP contribution is -2.44. The van der Waals surface area contributed by atoms with Gasteiger partial charge in [0.1, 0.15) is 15.8 Å². The molecule has 1 heterocycles. The Bertz CT molecular complexity index is 632. The molecule has 0 bridgehead atoms. The van der Waals surface area contributed by atoms with E-state index in [2.05, 4.69) is 10.2 Å². The largest absolute Gasteiger partial charge is 0.508 e. The van der Waals surface area contributed by atoms with E-state index in [4.69, 9.17) is 0 Å². The first-order chi connectivity index (χ1) is 9.77. The Morgan fingerprint density at radius 1 is 1.24 bits per heavy atom. The van der Waals surface area contributed by atoms with E-state index in [9.17, 15) is 15.0 Å². The zero-order valence-electron chi connectivity index (χ0n) is 12.1. The number of carbonyl (C=O) groups is 1. The van der Waals surface area contributed by atoms with Crippen molar-refractivity contribution in [2.45, 2.75) is 32.9 Å². The number of hydrogen-bond acceptors (Lipinski definition) is 5. The quantitative estimate of drug-likeness (QED) is 0.909. The molecule has 7 heteroatoms. The van der Waals surface area contributed by atoms with Gasteiger partial charge >= 0.3 is 6.09 Å². The van der Waals surface area contributed by atoms with Crippen molar-refractivity contribution in [1.29, 1.82) is 0 Å². The van der Waals surface area contributed by atoms with Gasteiger partial charge < -0.3 is 10.2 Å². The van der Waals surface area contributed by atoms with E-state index < -0.39 is 11.6 Å². The number of carboxylic acid groups (broad SMARTS) is 1. The normalized spacial score (nSPS) is 11.4. The minimum atomic E-state index is -0.983. The Morgan fingerprint density at radius 3 is 2.38 bits per heavy atom. The Balaban J connectivity index is 2.20. The highest BCUT2D eigenvalue weighted by atomic mass is 32.1. The average molecular weight is 307 g/mol. The highest BCUT2D eigenvalue weighted by molar-refractivity contribution is 7.14. The third-order valence-electron chi connectivity index (χ3n) is 2.92. The highest BCUT2D eigenvalue weighted by Gasteiger charge is 2.27. The van der Waals surface area contributed by atoms with Crippen LogP contribution in [0.3, 0.4) is 0 Å². The molecule has 112 valence electrons. The molecule has 0 spiro atoms. The van der Waals surface area contributed by atoms with E-state index in [1.54, 1.807) is 24.3 Å². The Kier molecular flexibility index (Phi) is 4.13. The van der Waals surface area contributed by atoms with Gasteiger partial charge in [0.25, 0.3) is 0 Å². The van der Waals surface area contributed by atoms with Crippen molar-refractivity contribution in [3.8, 4) is 16.3 Å². The predicted octanol–water partition coefficient (Wildman–Crippen LogP) is 3.19. The number of amides is 1. The van der Waals surface area contributed by atoms with Crippen molar-refractivity contribution in [3.63, 3.8) is 0 Å². The summed E-state index contributed by atoms with van der Waals surface area (Å²) in [4.78, 5) is 12.6. The molecule has 1 aromatic heterocycles. The fourth-order valence-electron chi connectivity index (χ4n) is 1.77. The predicted molar refractivity (Wildman–Crippen MR) is 80.3 cm³/mol. The number of rotatable bonds is 3. The van der Waals surface area contributed by atoms with Crippen LogP contribution in [0.4, 0.5) is 4.79 Å². The van der Waals surface area contributed by atoms with Crippen LogP contribution in [0.2, 0.25) is 0 Å². The summed E-state index contributed by atoms with van der Waals surface area (Å²) in [7, 11) is 0. The van der Waals surface area contributed by atoms with Crippen molar-refractivity contribution in [2.24, 2.45) is 0 Å². The second-order valence-electron chi connectivity index (χ2n) is 5.59. The van der Waals surface area contributed by atoms with E-state index in [0.717, 1.165) is 5.56 Å². The SMILES string of the molecule is CC(C)(C)N(Cc1nnc(-c2ccc(O)cc2)s1)C(=O)O. The van der Waals surface area contributed by atoms with Gasteiger partial charge in [0.2, 0.25) is 0 Å². The van der Waals surface area contributed by atoms with Crippen LogP contribution in [0.5, 0.6) is 5.75 Å². The summed E-state index contributed by atoms with van der Waals surface area (Å²) < 4.78 is 0. The summed E-state index contributed by atoms with van der Waals surface area (Å²) in [5.74, 6) is 0.188. The second kappa shape index (κ2) is 5.69. The van der Waals surface area contributed by atoms with Gasteiger partial charge in [-0.1, -0.05) is 11.3 Å². The maximum Gasteiger partial charge on any atom is 0.408 e. The second-order valence-corrected chi connectivity index (χ2v) is 6.65. The van der Waals surface area contributed by atoms with Crippen molar-refractivity contribution < 1.29 is 15.0 Å². The molecule has 0 aliphatic carbocycles. The zero-order valence-corrected chi connectivity index (χ0v) is 12.9.